The molecule has 0 aliphatic carbocycles. The molecular formula is C19H21N3O2. The van der Waals surface area contributed by atoms with Crippen LogP contribution in [0.25, 0.3) is 16.9 Å². The summed E-state index contributed by atoms with van der Waals surface area (Å²) in [6.45, 7) is 4.83. The smallest absolute Gasteiger partial charge is 0.161 e. The van der Waals surface area contributed by atoms with Gasteiger partial charge in [-0.05, 0) is 20.3 Å². The van der Waals surface area contributed by atoms with Crippen molar-refractivity contribution in [3.05, 3.63) is 47.3 Å². The van der Waals surface area contributed by atoms with Crippen LogP contribution in [0.1, 0.15) is 29.5 Å². The molecule has 0 fully saturated rings. The zero-order chi connectivity index (χ0) is 16.8. The molecular weight excluding hydrogens is 302 g/mol. The predicted molar refractivity (Wildman–Crippen MR) is 94.6 cm³/mol. The van der Waals surface area contributed by atoms with Crippen LogP contribution in [0.5, 0.6) is 5.75 Å². The van der Waals surface area contributed by atoms with Gasteiger partial charge in [-0.3, -0.25) is 4.40 Å². The molecule has 1 aliphatic heterocycles. The zero-order valence-electron chi connectivity index (χ0n) is 14.1. The van der Waals surface area contributed by atoms with Gasteiger partial charge in [-0.2, -0.15) is 0 Å². The van der Waals surface area contributed by atoms with Crippen molar-refractivity contribution in [2.24, 2.45) is 0 Å². The summed E-state index contributed by atoms with van der Waals surface area (Å²) in [4.78, 5) is 4.76. The highest BCUT2D eigenvalue weighted by Crippen LogP contribution is 2.46. The lowest BCUT2D eigenvalue weighted by molar-refractivity contribution is 0.0942. The molecule has 1 atom stereocenters. The SMILES string of the molecule is CO[C@@H]1CCNc2c1c(O)c(-c1ccccc1)n1c(C)c(C)nc21. The van der Waals surface area contributed by atoms with Crippen LogP contribution in [-0.4, -0.2) is 28.1 Å². The van der Waals surface area contributed by atoms with Crippen LogP contribution in [-0.2, 0) is 4.74 Å². The summed E-state index contributed by atoms with van der Waals surface area (Å²) in [7, 11) is 1.69. The number of imidazole rings is 1. The van der Waals surface area contributed by atoms with Gasteiger partial charge in [0.25, 0.3) is 0 Å². The van der Waals surface area contributed by atoms with Crippen molar-refractivity contribution in [1.82, 2.24) is 9.38 Å². The molecule has 24 heavy (non-hydrogen) atoms. The third-order valence-corrected chi connectivity index (χ3v) is 4.90. The third-order valence-electron chi connectivity index (χ3n) is 4.90. The number of hydrogen-bond donors (Lipinski definition) is 2. The summed E-state index contributed by atoms with van der Waals surface area (Å²) in [5, 5.41) is 14.6. The number of pyridine rings is 1. The fraction of sp³-hybridized carbons (Fsp3) is 0.316. The van der Waals surface area contributed by atoms with Crippen molar-refractivity contribution < 1.29 is 9.84 Å². The van der Waals surface area contributed by atoms with E-state index in [4.69, 9.17) is 9.72 Å². The highest BCUT2D eigenvalue weighted by Gasteiger charge is 2.30. The molecule has 0 saturated heterocycles. The molecule has 3 heterocycles. The lowest BCUT2D eigenvalue weighted by atomic mass is 9.97. The second-order valence-electron chi connectivity index (χ2n) is 6.23. The van der Waals surface area contributed by atoms with Crippen LogP contribution >= 0.6 is 0 Å². The molecule has 5 nitrogen and oxygen atoms in total. The number of aromatic nitrogens is 2. The maximum absolute atomic E-state index is 11.2. The summed E-state index contributed by atoms with van der Waals surface area (Å²) in [5.74, 6) is 0.267. The quantitative estimate of drug-likeness (QED) is 0.752. The largest absolute Gasteiger partial charge is 0.505 e. The molecule has 5 heteroatoms. The molecule has 0 unspecified atom stereocenters. The number of ether oxygens (including phenoxy) is 1. The Bertz CT molecular complexity index is 916. The lowest BCUT2D eigenvalue weighted by Gasteiger charge is -2.28. The van der Waals surface area contributed by atoms with Crippen LogP contribution in [0.2, 0.25) is 0 Å². The summed E-state index contributed by atoms with van der Waals surface area (Å²) in [6, 6.07) is 9.94. The number of hydrogen-bond acceptors (Lipinski definition) is 4. The van der Waals surface area contributed by atoms with Gasteiger partial charge < -0.3 is 15.2 Å². The molecule has 0 radical (unpaired) electrons. The van der Waals surface area contributed by atoms with Crippen LogP contribution in [0.4, 0.5) is 5.69 Å². The Morgan fingerprint density at radius 1 is 1.25 bits per heavy atom. The highest BCUT2D eigenvalue weighted by molar-refractivity contribution is 5.85. The van der Waals surface area contributed by atoms with Gasteiger partial charge in [0.05, 0.1) is 28.7 Å². The van der Waals surface area contributed by atoms with Gasteiger partial charge in [0.1, 0.15) is 5.75 Å². The molecule has 0 saturated carbocycles. The Labute approximate surface area is 140 Å². The first-order valence-electron chi connectivity index (χ1n) is 8.20. The number of nitrogens with one attached hydrogen (secondary N) is 1. The topological polar surface area (TPSA) is 58.8 Å². The number of aromatic hydroxyl groups is 1. The van der Waals surface area contributed by atoms with E-state index in [1.54, 1.807) is 7.11 Å². The van der Waals surface area contributed by atoms with E-state index in [-0.39, 0.29) is 11.9 Å². The van der Waals surface area contributed by atoms with Crippen LogP contribution < -0.4 is 5.32 Å². The van der Waals surface area contributed by atoms with Gasteiger partial charge >= 0.3 is 0 Å². The molecule has 3 aromatic rings. The minimum atomic E-state index is -0.133. The van der Waals surface area contributed by atoms with Crippen LogP contribution in [0.15, 0.2) is 30.3 Å². The third kappa shape index (κ3) is 2.01. The van der Waals surface area contributed by atoms with Gasteiger partial charge in [0.15, 0.2) is 5.65 Å². The Hall–Kier alpha value is -2.53. The maximum Gasteiger partial charge on any atom is 0.161 e. The number of rotatable bonds is 2. The first kappa shape index (κ1) is 15.0. The molecule has 2 aromatic heterocycles. The van der Waals surface area contributed by atoms with E-state index < -0.39 is 0 Å². The molecule has 0 bridgehead atoms. The van der Waals surface area contributed by atoms with Gasteiger partial charge in [-0.15, -0.1) is 0 Å². The standard InChI is InChI=1S/C19H21N3O2/c1-11-12(2)22-17(13-7-5-4-6-8-13)18(23)15-14(24-3)9-10-20-16(15)19(22)21-11/h4-8,14,20,23H,9-10H2,1-3H3/t14-/m1/s1. The number of methoxy groups -OCH3 is 1. The molecule has 1 aromatic carbocycles. The second kappa shape index (κ2) is 5.53. The highest BCUT2D eigenvalue weighted by atomic mass is 16.5. The van der Waals surface area contributed by atoms with Crippen LogP contribution in [0, 0.1) is 13.8 Å². The van der Waals surface area contributed by atoms with Gasteiger partial charge in [-0.1, -0.05) is 30.3 Å². The average Bonchev–Trinajstić information content (AvgIpc) is 2.91. The number of nitrogens with zero attached hydrogens (tertiary/aromatic N) is 2. The predicted octanol–water partition coefficient (Wildman–Crippen LogP) is 3.83. The van der Waals surface area contributed by atoms with Crippen molar-refractivity contribution in [2.75, 3.05) is 19.0 Å². The summed E-state index contributed by atoms with van der Waals surface area (Å²) in [6.07, 6.45) is 0.686. The first-order valence-corrected chi connectivity index (χ1v) is 8.20. The minimum Gasteiger partial charge on any atom is -0.505 e. The molecule has 1 aliphatic rings. The van der Waals surface area contributed by atoms with Crippen molar-refractivity contribution >= 4 is 11.3 Å². The number of fused-ring (bicyclic) bond motifs is 3. The van der Waals surface area contributed by atoms with E-state index >= 15 is 0 Å². The average molecular weight is 323 g/mol. The Kier molecular flexibility index (Phi) is 3.46. The lowest BCUT2D eigenvalue weighted by Crippen LogP contribution is -2.20. The summed E-state index contributed by atoms with van der Waals surface area (Å²) >= 11 is 0. The molecule has 124 valence electrons. The van der Waals surface area contributed by atoms with E-state index in [1.807, 2.05) is 48.6 Å². The summed E-state index contributed by atoms with van der Waals surface area (Å²) < 4.78 is 7.68. The first-order chi connectivity index (χ1) is 11.6. The Balaban J connectivity index is 2.17. The van der Waals surface area contributed by atoms with Crippen molar-refractivity contribution in [3.8, 4) is 17.0 Å². The number of benzene rings is 1. The maximum atomic E-state index is 11.2. The van der Waals surface area contributed by atoms with Crippen molar-refractivity contribution in [2.45, 2.75) is 26.4 Å². The van der Waals surface area contributed by atoms with Gasteiger partial charge in [0.2, 0.25) is 0 Å². The number of aryl methyl sites for hydroxylation is 2. The fourth-order valence-electron chi connectivity index (χ4n) is 3.58. The molecule has 2 N–H and O–H groups in total. The van der Waals surface area contributed by atoms with E-state index in [0.717, 1.165) is 52.5 Å². The normalized spacial score (nSPS) is 16.9. The minimum absolute atomic E-state index is 0.133. The van der Waals surface area contributed by atoms with E-state index in [1.165, 1.54) is 0 Å². The molecule has 4 rings (SSSR count). The molecule has 0 amide bonds. The van der Waals surface area contributed by atoms with E-state index in [2.05, 4.69) is 5.32 Å². The fourth-order valence-corrected chi connectivity index (χ4v) is 3.58. The van der Waals surface area contributed by atoms with Crippen molar-refractivity contribution in [1.29, 1.82) is 0 Å². The van der Waals surface area contributed by atoms with Gasteiger partial charge in [0, 0.05) is 24.9 Å². The zero-order valence-corrected chi connectivity index (χ0v) is 14.1. The molecule has 0 spiro atoms. The van der Waals surface area contributed by atoms with Gasteiger partial charge in [-0.25, -0.2) is 4.98 Å². The monoisotopic (exact) mass is 323 g/mol. The second-order valence-corrected chi connectivity index (χ2v) is 6.23. The number of anilines is 1. The van der Waals surface area contributed by atoms with E-state index in [0.29, 0.717) is 0 Å². The Morgan fingerprint density at radius 2 is 2.00 bits per heavy atom. The Morgan fingerprint density at radius 3 is 2.71 bits per heavy atom. The van der Waals surface area contributed by atoms with Crippen LogP contribution in [0.3, 0.4) is 0 Å². The van der Waals surface area contributed by atoms with Crippen molar-refractivity contribution in [3.63, 3.8) is 0 Å². The van der Waals surface area contributed by atoms with E-state index in [9.17, 15) is 5.11 Å². The summed E-state index contributed by atoms with van der Waals surface area (Å²) in [5.41, 5.74) is 6.25.